The lowest BCUT2D eigenvalue weighted by Gasteiger charge is -2.45. The van der Waals surface area contributed by atoms with E-state index in [0.29, 0.717) is 12.5 Å². The second kappa shape index (κ2) is 12.6. The molecule has 0 fully saturated rings. The first kappa shape index (κ1) is 32.7. The van der Waals surface area contributed by atoms with Crippen molar-refractivity contribution in [2.24, 2.45) is 17.3 Å². The molecule has 5 heteroatoms. The van der Waals surface area contributed by atoms with Gasteiger partial charge in [-0.3, -0.25) is 0 Å². The van der Waals surface area contributed by atoms with Gasteiger partial charge in [-0.25, -0.2) is 0 Å². The van der Waals surface area contributed by atoms with Crippen molar-refractivity contribution in [2.75, 3.05) is 13.2 Å². The summed E-state index contributed by atoms with van der Waals surface area (Å²) in [7, 11) is -4.41. The quantitative estimate of drug-likeness (QED) is 0.117. The SMILES string of the molecule is CC1C[C@@H](C=O)[C@@](C)(CCCO[Si](C)(C)C(C)(C)C)C=C1CO[Si](c1ccccc1)(c1ccccc1)C(C)(C)C. The first-order chi connectivity index (χ1) is 18.6. The number of allylic oxidation sites excluding steroid dienone is 1. The number of carbonyl (C=O) groups is 1. The van der Waals surface area contributed by atoms with E-state index in [-0.39, 0.29) is 21.4 Å². The fraction of sp³-hybridized carbons (Fsp3) is 0.571. The number of rotatable bonds is 11. The van der Waals surface area contributed by atoms with Crippen LogP contribution in [0.1, 0.15) is 74.7 Å². The van der Waals surface area contributed by atoms with Gasteiger partial charge in [0, 0.05) is 12.5 Å². The Morgan fingerprint density at radius 2 is 1.40 bits per heavy atom. The highest BCUT2D eigenvalue weighted by Crippen LogP contribution is 2.45. The van der Waals surface area contributed by atoms with Crippen molar-refractivity contribution in [3.63, 3.8) is 0 Å². The molecule has 0 aliphatic heterocycles. The minimum absolute atomic E-state index is 0.0204. The summed E-state index contributed by atoms with van der Waals surface area (Å²) in [5.74, 6) is 0.331. The van der Waals surface area contributed by atoms with E-state index in [9.17, 15) is 4.79 Å². The van der Waals surface area contributed by atoms with E-state index in [0.717, 1.165) is 25.9 Å². The van der Waals surface area contributed by atoms with Crippen LogP contribution in [0.2, 0.25) is 23.2 Å². The Hall–Kier alpha value is -1.80. The summed E-state index contributed by atoms with van der Waals surface area (Å²) < 4.78 is 13.8. The van der Waals surface area contributed by atoms with Gasteiger partial charge in [0.1, 0.15) is 6.29 Å². The summed E-state index contributed by atoms with van der Waals surface area (Å²) in [6.07, 6.45) is 6.38. The minimum Gasteiger partial charge on any atom is -0.417 e. The first-order valence-corrected chi connectivity index (χ1v) is 19.9. The van der Waals surface area contributed by atoms with Gasteiger partial charge in [0.25, 0.3) is 8.32 Å². The van der Waals surface area contributed by atoms with Crippen molar-refractivity contribution < 1.29 is 13.6 Å². The maximum Gasteiger partial charge on any atom is 0.261 e. The lowest BCUT2D eigenvalue weighted by atomic mass is 9.65. The minimum atomic E-state index is -2.63. The van der Waals surface area contributed by atoms with E-state index in [1.807, 2.05) is 0 Å². The average Bonchev–Trinajstić information content (AvgIpc) is 2.88. The molecular weight excluding hydrogens is 525 g/mol. The van der Waals surface area contributed by atoms with Gasteiger partial charge in [0.2, 0.25) is 0 Å². The summed E-state index contributed by atoms with van der Waals surface area (Å²) in [5, 5.41) is 2.74. The van der Waals surface area contributed by atoms with Gasteiger partial charge < -0.3 is 13.6 Å². The van der Waals surface area contributed by atoms with Crippen LogP contribution in [0.25, 0.3) is 0 Å². The van der Waals surface area contributed by atoms with Gasteiger partial charge in [-0.1, -0.05) is 122 Å². The van der Waals surface area contributed by atoms with Crippen molar-refractivity contribution in [1.29, 1.82) is 0 Å². The van der Waals surface area contributed by atoms with Crippen molar-refractivity contribution >= 4 is 33.3 Å². The second-order valence-electron chi connectivity index (χ2n) is 14.8. The van der Waals surface area contributed by atoms with Gasteiger partial charge in [-0.05, 0) is 69.7 Å². The molecule has 0 spiro atoms. The highest BCUT2D eigenvalue weighted by Gasteiger charge is 2.50. The van der Waals surface area contributed by atoms with Crippen LogP contribution in [0.3, 0.4) is 0 Å². The number of hydrogen-bond donors (Lipinski definition) is 0. The van der Waals surface area contributed by atoms with Crippen LogP contribution < -0.4 is 10.4 Å². The second-order valence-corrected chi connectivity index (χ2v) is 23.9. The molecule has 1 unspecified atom stereocenters. The standard InChI is InChI=1S/C35H54O3Si2/c1-28-24-30(26-36)35(8,22-17-23-37-39(9,10)33(2,3)4)25-29(28)27-38-40(34(5,6)7,31-18-13-11-14-19-31)32-20-15-12-16-21-32/h11-16,18-21,25-26,28,30H,17,22-24,27H2,1-10H3/t28?,30-,35-/m0/s1. The third kappa shape index (κ3) is 6.97. The molecule has 0 heterocycles. The van der Waals surface area contributed by atoms with E-state index in [4.69, 9.17) is 8.85 Å². The van der Waals surface area contributed by atoms with Crippen LogP contribution in [-0.4, -0.2) is 36.1 Å². The zero-order chi connectivity index (χ0) is 29.8. The molecule has 1 aliphatic rings. The molecule has 2 aromatic rings. The molecule has 0 N–H and O–H groups in total. The van der Waals surface area contributed by atoms with E-state index in [1.165, 1.54) is 22.2 Å². The van der Waals surface area contributed by atoms with Crippen LogP contribution in [0.4, 0.5) is 0 Å². The van der Waals surface area contributed by atoms with Crippen LogP contribution in [0.5, 0.6) is 0 Å². The first-order valence-electron chi connectivity index (χ1n) is 15.1. The van der Waals surface area contributed by atoms with Crippen molar-refractivity contribution in [3.05, 3.63) is 72.3 Å². The number of aldehydes is 1. The molecule has 1 aliphatic carbocycles. The highest BCUT2D eigenvalue weighted by atomic mass is 28.4. The predicted octanol–water partition coefficient (Wildman–Crippen LogP) is 8.15. The van der Waals surface area contributed by atoms with Crippen LogP contribution in [0, 0.1) is 17.3 Å². The zero-order valence-corrected chi connectivity index (χ0v) is 28.8. The third-order valence-corrected chi connectivity index (χ3v) is 19.3. The Kier molecular flexibility index (Phi) is 10.3. The van der Waals surface area contributed by atoms with E-state index in [2.05, 4.69) is 135 Å². The number of hydrogen-bond acceptors (Lipinski definition) is 3. The zero-order valence-electron chi connectivity index (χ0n) is 26.8. The summed E-state index contributed by atoms with van der Waals surface area (Å²) in [6.45, 7) is 24.3. The molecular formula is C35H54O3Si2. The normalized spacial score (nSPS) is 22.6. The molecule has 3 rings (SSSR count). The van der Waals surface area contributed by atoms with Crippen LogP contribution >= 0.6 is 0 Å². The summed E-state index contributed by atoms with van der Waals surface area (Å²) in [6, 6.07) is 21.7. The van der Waals surface area contributed by atoms with Gasteiger partial charge >= 0.3 is 0 Å². The topological polar surface area (TPSA) is 35.5 Å². The van der Waals surface area contributed by atoms with E-state index < -0.39 is 16.6 Å². The maximum absolute atomic E-state index is 12.3. The molecule has 0 saturated carbocycles. The molecule has 0 amide bonds. The fourth-order valence-electron chi connectivity index (χ4n) is 6.08. The number of carbonyl (C=O) groups excluding carboxylic acids is 1. The molecule has 0 saturated heterocycles. The molecule has 0 aromatic heterocycles. The molecule has 2 aromatic carbocycles. The Bertz CT molecular complexity index is 1090. The molecule has 220 valence electrons. The summed E-state index contributed by atoms with van der Waals surface area (Å²) in [5.41, 5.74) is 1.15. The Balaban J connectivity index is 1.90. The third-order valence-electron chi connectivity index (χ3n) is 9.77. The lowest BCUT2D eigenvalue weighted by Crippen LogP contribution is -2.66. The average molecular weight is 579 g/mol. The van der Waals surface area contributed by atoms with Gasteiger partial charge in [0.05, 0.1) is 6.61 Å². The monoisotopic (exact) mass is 578 g/mol. The fourth-order valence-corrected chi connectivity index (χ4v) is 11.7. The summed E-state index contributed by atoms with van der Waals surface area (Å²) >= 11 is 0. The van der Waals surface area contributed by atoms with E-state index in [1.54, 1.807) is 0 Å². The Morgan fingerprint density at radius 1 is 0.875 bits per heavy atom. The van der Waals surface area contributed by atoms with E-state index >= 15 is 0 Å². The number of benzene rings is 2. The van der Waals surface area contributed by atoms with Crippen LogP contribution in [0.15, 0.2) is 72.3 Å². The van der Waals surface area contributed by atoms with Gasteiger partial charge in [0.15, 0.2) is 8.32 Å². The summed E-state index contributed by atoms with van der Waals surface area (Å²) in [4.78, 5) is 12.3. The highest BCUT2D eigenvalue weighted by molar-refractivity contribution is 6.99. The Morgan fingerprint density at radius 3 is 1.85 bits per heavy atom. The van der Waals surface area contributed by atoms with Crippen molar-refractivity contribution in [1.82, 2.24) is 0 Å². The largest absolute Gasteiger partial charge is 0.417 e. The molecule has 3 atom stereocenters. The van der Waals surface area contributed by atoms with Gasteiger partial charge in [-0.2, -0.15) is 0 Å². The molecule has 3 nitrogen and oxygen atoms in total. The smallest absolute Gasteiger partial charge is 0.261 e. The van der Waals surface area contributed by atoms with Crippen LogP contribution in [-0.2, 0) is 13.6 Å². The van der Waals surface area contributed by atoms with Crippen molar-refractivity contribution in [2.45, 2.75) is 97.8 Å². The lowest BCUT2D eigenvalue weighted by molar-refractivity contribution is -0.114. The molecule has 0 bridgehead atoms. The molecule has 40 heavy (non-hydrogen) atoms. The van der Waals surface area contributed by atoms with Crippen molar-refractivity contribution in [3.8, 4) is 0 Å². The Labute approximate surface area is 247 Å². The predicted molar refractivity (Wildman–Crippen MR) is 175 cm³/mol. The van der Waals surface area contributed by atoms with Gasteiger partial charge in [-0.15, -0.1) is 0 Å². The maximum atomic E-state index is 12.3. The molecule has 0 radical (unpaired) electrons.